The molecular formula is C23H29NO2. The predicted octanol–water partition coefficient (Wildman–Crippen LogP) is 5.19. The quantitative estimate of drug-likeness (QED) is 0.728. The molecule has 3 heteroatoms. The van der Waals surface area contributed by atoms with Crippen molar-refractivity contribution in [2.45, 2.75) is 44.6 Å². The molecule has 0 aromatic heterocycles. The van der Waals surface area contributed by atoms with E-state index < -0.39 is 0 Å². The van der Waals surface area contributed by atoms with E-state index in [2.05, 4.69) is 49.2 Å². The van der Waals surface area contributed by atoms with Crippen molar-refractivity contribution in [1.82, 2.24) is 0 Å². The van der Waals surface area contributed by atoms with Crippen LogP contribution in [0, 0.1) is 5.92 Å². The largest absolute Gasteiger partial charge is 0.507 e. The molecule has 0 aliphatic carbocycles. The Kier molecular flexibility index (Phi) is 6.10. The average molecular weight is 351 g/mol. The van der Waals surface area contributed by atoms with Gasteiger partial charge >= 0.3 is 0 Å². The highest BCUT2D eigenvalue weighted by atomic mass is 16.5. The summed E-state index contributed by atoms with van der Waals surface area (Å²) in [5.41, 5.74) is 2.12. The zero-order chi connectivity index (χ0) is 18.4. The van der Waals surface area contributed by atoms with Crippen LogP contribution in [0.3, 0.4) is 0 Å². The first-order valence-electron chi connectivity index (χ1n) is 9.52. The number of phenolic OH excluding ortho intramolecular Hbond substituents is 1. The standard InChI is InChI=1S/C23H29NO2/c1-23(2)16-19(13-15-26-23)21(18-8-4-3-5-9-18)12-14-24-17-20-10-6-7-11-22(20)25/h3-11,17,19,21,25H,12-16H2,1-2H3. The summed E-state index contributed by atoms with van der Waals surface area (Å²) < 4.78 is 5.92. The van der Waals surface area contributed by atoms with Crippen LogP contribution in [0.15, 0.2) is 59.6 Å². The SMILES string of the molecule is CC1(C)CC(C(CCN=Cc2ccccc2O)c2ccccc2)CCO1. The number of phenols is 1. The molecule has 2 atom stereocenters. The van der Waals surface area contributed by atoms with Crippen LogP contribution in [0.2, 0.25) is 0 Å². The molecule has 1 saturated heterocycles. The van der Waals surface area contributed by atoms with Crippen LogP contribution in [0.1, 0.15) is 50.2 Å². The Morgan fingerprint density at radius 2 is 1.88 bits per heavy atom. The van der Waals surface area contributed by atoms with Gasteiger partial charge in [0.25, 0.3) is 0 Å². The fourth-order valence-electron chi connectivity index (χ4n) is 3.97. The number of para-hydroxylation sites is 1. The first kappa shape index (κ1) is 18.7. The predicted molar refractivity (Wildman–Crippen MR) is 107 cm³/mol. The lowest BCUT2D eigenvalue weighted by molar-refractivity contribution is -0.0771. The highest BCUT2D eigenvalue weighted by Gasteiger charge is 2.33. The minimum atomic E-state index is -0.0466. The van der Waals surface area contributed by atoms with Crippen LogP contribution in [0.4, 0.5) is 0 Å². The van der Waals surface area contributed by atoms with Gasteiger partial charge in [0, 0.05) is 24.9 Å². The van der Waals surface area contributed by atoms with Gasteiger partial charge in [0.1, 0.15) is 5.75 Å². The van der Waals surface area contributed by atoms with Gasteiger partial charge in [-0.05, 0) is 62.6 Å². The van der Waals surface area contributed by atoms with Crippen molar-refractivity contribution in [1.29, 1.82) is 0 Å². The van der Waals surface area contributed by atoms with Gasteiger partial charge in [0.2, 0.25) is 0 Å². The van der Waals surface area contributed by atoms with Crippen LogP contribution < -0.4 is 0 Å². The van der Waals surface area contributed by atoms with Gasteiger partial charge in [-0.25, -0.2) is 0 Å². The molecule has 2 aromatic rings. The zero-order valence-electron chi connectivity index (χ0n) is 15.8. The van der Waals surface area contributed by atoms with Crippen molar-refractivity contribution in [3.63, 3.8) is 0 Å². The fraction of sp³-hybridized carbons (Fsp3) is 0.435. The third-order valence-electron chi connectivity index (χ3n) is 5.27. The van der Waals surface area contributed by atoms with Crippen molar-refractivity contribution in [2.75, 3.05) is 13.2 Å². The average Bonchev–Trinajstić information content (AvgIpc) is 2.63. The van der Waals surface area contributed by atoms with Crippen molar-refractivity contribution >= 4 is 6.21 Å². The van der Waals surface area contributed by atoms with Gasteiger partial charge in [0.05, 0.1) is 5.60 Å². The molecule has 1 fully saturated rings. The molecule has 1 N–H and O–H groups in total. The van der Waals surface area contributed by atoms with Crippen LogP contribution in [-0.2, 0) is 4.74 Å². The smallest absolute Gasteiger partial charge is 0.124 e. The molecule has 1 heterocycles. The highest BCUT2D eigenvalue weighted by molar-refractivity contribution is 5.83. The number of rotatable bonds is 6. The Labute approximate surface area is 156 Å². The number of benzene rings is 2. The van der Waals surface area contributed by atoms with Gasteiger partial charge in [-0.3, -0.25) is 4.99 Å². The van der Waals surface area contributed by atoms with E-state index in [1.165, 1.54) is 5.56 Å². The fourth-order valence-corrected chi connectivity index (χ4v) is 3.97. The maximum atomic E-state index is 9.85. The number of aliphatic imine (C=N–C) groups is 1. The molecule has 3 nitrogen and oxygen atoms in total. The summed E-state index contributed by atoms with van der Waals surface area (Å²) in [6.45, 7) is 5.98. The maximum Gasteiger partial charge on any atom is 0.124 e. The number of hydrogen-bond acceptors (Lipinski definition) is 3. The summed E-state index contributed by atoms with van der Waals surface area (Å²) in [5.74, 6) is 1.38. The lowest BCUT2D eigenvalue weighted by Crippen LogP contribution is -2.36. The van der Waals surface area contributed by atoms with Gasteiger partial charge in [-0.1, -0.05) is 42.5 Å². The van der Waals surface area contributed by atoms with Crippen LogP contribution in [-0.4, -0.2) is 30.1 Å². The molecule has 138 valence electrons. The Balaban J connectivity index is 1.69. The Morgan fingerprint density at radius 1 is 1.15 bits per heavy atom. The second-order valence-electron chi connectivity index (χ2n) is 7.76. The number of ether oxygens (including phenoxy) is 1. The summed E-state index contributed by atoms with van der Waals surface area (Å²) in [4.78, 5) is 4.58. The first-order valence-corrected chi connectivity index (χ1v) is 9.52. The van der Waals surface area contributed by atoms with Crippen molar-refractivity contribution in [3.05, 3.63) is 65.7 Å². The number of nitrogens with zero attached hydrogens (tertiary/aromatic N) is 1. The normalized spacial score (nSPS) is 20.9. The van der Waals surface area contributed by atoms with Crippen LogP contribution in [0.5, 0.6) is 5.75 Å². The molecule has 0 spiro atoms. The summed E-state index contributed by atoms with van der Waals surface area (Å²) in [6, 6.07) is 18.1. The topological polar surface area (TPSA) is 41.8 Å². The zero-order valence-corrected chi connectivity index (χ0v) is 15.8. The van der Waals surface area contributed by atoms with E-state index in [-0.39, 0.29) is 11.4 Å². The molecule has 26 heavy (non-hydrogen) atoms. The Bertz CT molecular complexity index is 724. The van der Waals surface area contributed by atoms with Crippen LogP contribution >= 0.6 is 0 Å². The van der Waals surface area contributed by atoms with Gasteiger partial charge in [0.15, 0.2) is 0 Å². The van der Waals surface area contributed by atoms with E-state index in [0.717, 1.165) is 38.0 Å². The molecule has 1 aliphatic rings. The monoisotopic (exact) mass is 351 g/mol. The lowest BCUT2D eigenvalue weighted by atomic mass is 9.75. The second kappa shape index (κ2) is 8.50. The minimum Gasteiger partial charge on any atom is -0.507 e. The summed E-state index contributed by atoms with van der Waals surface area (Å²) in [5, 5.41) is 9.85. The molecule has 0 radical (unpaired) electrons. The maximum absolute atomic E-state index is 9.85. The van der Waals surface area contributed by atoms with Gasteiger partial charge in [-0.15, -0.1) is 0 Å². The lowest BCUT2D eigenvalue weighted by Gasteiger charge is -2.39. The number of hydrogen-bond donors (Lipinski definition) is 1. The van der Waals surface area contributed by atoms with E-state index in [0.29, 0.717) is 11.8 Å². The molecule has 1 aliphatic heterocycles. The molecule has 2 unspecified atom stereocenters. The molecule has 0 bridgehead atoms. The Hall–Kier alpha value is -2.13. The minimum absolute atomic E-state index is 0.0466. The molecule has 3 rings (SSSR count). The molecule has 0 saturated carbocycles. The molecule has 0 amide bonds. The van der Waals surface area contributed by atoms with Gasteiger partial charge < -0.3 is 9.84 Å². The van der Waals surface area contributed by atoms with Crippen molar-refractivity contribution in [3.8, 4) is 5.75 Å². The van der Waals surface area contributed by atoms with Gasteiger partial charge in [-0.2, -0.15) is 0 Å². The van der Waals surface area contributed by atoms with Crippen LogP contribution in [0.25, 0.3) is 0 Å². The summed E-state index contributed by atoms with van der Waals surface area (Å²) >= 11 is 0. The molecular weight excluding hydrogens is 322 g/mol. The summed E-state index contributed by atoms with van der Waals surface area (Å²) in [6.07, 6.45) is 4.97. The summed E-state index contributed by atoms with van der Waals surface area (Å²) in [7, 11) is 0. The van der Waals surface area contributed by atoms with Crippen molar-refractivity contribution in [2.24, 2.45) is 10.9 Å². The van der Waals surface area contributed by atoms with E-state index in [1.807, 2.05) is 18.2 Å². The van der Waals surface area contributed by atoms with E-state index in [9.17, 15) is 5.11 Å². The third kappa shape index (κ3) is 4.95. The number of aromatic hydroxyl groups is 1. The Morgan fingerprint density at radius 3 is 2.62 bits per heavy atom. The van der Waals surface area contributed by atoms with Crippen molar-refractivity contribution < 1.29 is 9.84 Å². The first-order chi connectivity index (χ1) is 12.6. The van der Waals surface area contributed by atoms with E-state index in [4.69, 9.17) is 4.74 Å². The highest BCUT2D eigenvalue weighted by Crippen LogP contribution is 2.39. The second-order valence-corrected chi connectivity index (χ2v) is 7.76. The van der Waals surface area contributed by atoms with E-state index in [1.54, 1.807) is 12.3 Å². The third-order valence-corrected chi connectivity index (χ3v) is 5.27. The molecule has 2 aromatic carbocycles. The van der Waals surface area contributed by atoms with E-state index >= 15 is 0 Å².